The summed E-state index contributed by atoms with van der Waals surface area (Å²) in [6.07, 6.45) is 7.02. The molecular weight excluding hydrogens is 380 g/mol. The Kier molecular flexibility index (Phi) is 4.50. The highest BCUT2D eigenvalue weighted by Crippen LogP contribution is 2.34. The van der Waals surface area contributed by atoms with Crippen LogP contribution in [0.4, 0.5) is 11.4 Å². The maximum Gasteiger partial charge on any atom is 0.275 e. The highest BCUT2D eigenvalue weighted by atomic mass is 16.5. The molecule has 2 aromatic heterocycles. The van der Waals surface area contributed by atoms with E-state index in [0.29, 0.717) is 30.1 Å². The SMILES string of the molecule is C[C@H]1CN(c2ccc3c(c2)OCCC3)C(=O)c2c(C(=O)Nc3cccnc3)ccn21. The Morgan fingerprint density at radius 2 is 2.17 bits per heavy atom. The molecule has 5 rings (SSSR count). The van der Waals surface area contributed by atoms with E-state index in [2.05, 4.69) is 10.3 Å². The summed E-state index contributed by atoms with van der Waals surface area (Å²) < 4.78 is 7.67. The summed E-state index contributed by atoms with van der Waals surface area (Å²) in [4.78, 5) is 32.1. The molecule has 0 spiro atoms. The molecule has 0 aliphatic carbocycles. The molecule has 7 nitrogen and oxygen atoms in total. The van der Waals surface area contributed by atoms with Gasteiger partial charge in [-0.3, -0.25) is 14.6 Å². The van der Waals surface area contributed by atoms with Gasteiger partial charge in [0.15, 0.2) is 0 Å². The lowest BCUT2D eigenvalue weighted by Gasteiger charge is -2.34. The number of carbonyl (C=O) groups is 2. The lowest BCUT2D eigenvalue weighted by atomic mass is 10.0. The number of carbonyl (C=O) groups excluding carboxylic acids is 2. The van der Waals surface area contributed by atoms with Crippen LogP contribution >= 0.6 is 0 Å². The minimum atomic E-state index is -0.326. The van der Waals surface area contributed by atoms with Gasteiger partial charge in [-0.15, -0.1) is 0 Å². The smallest absolute Gasteiger partial charge is 0.275 e. The van der Waals surface area contributed by atoms with Crippen molar-refractivity contribution in [2.45, 2.75) is 25.8 Å². The van der Waals surface area contributed by atoms with Crippen LogP contribution in [0.5, 0.6) is 5.75 Å². The fraction of sp³-hybridized carbons (Fsp3) is 0.261. The molecule has 7 heteroatoms. The summed E-state index contributed by atoms with van der Waals surface area (Å²) in [6, 6.07) is 11.2. The molecule has 1 aromatic carbocycles. The van der Waals surface area contributed by atoms with E-state index in [-0.39, 0.29) is 17.9 Å². The predicted octanol–water partition coefficient (Wildman–Crippen LogP) is 3.68. The maximum absolute atomic E-state index is 13.4. The topological polar surface area (TPSA) is 76.5 Å². The summed E-state index contributed by atoms with van der Waals surface area (Å²) in [7, 11) is 0. The van der Waals surface area contributed by atoms with Crippen LogP contribution in [0.15, 0.2) is 55.0 Å². The Balaban J connectivity index is 1.48. The molecule has 1 atom stereocenters. The molecule has 1 N–H and O–H groups in total. The van der Waals surface area contributed by atoms with E-state index in [1.54, 1.807) is 35.5 Å². The number of ether oxygens (including phenoxy) is 1. The van der Waals surface area contributed by atoms with Crippen molar-refractivity contribution in [1.29, 1.82) is 0 Å². The van der Waals surface area contributed by atoms with Crippen LogP contribution in [-0.4, -0.2) is 34.5 Å². The lowest BCUT2D eigenvalue weighted by Crippen LogP contribution is -2.43. The number of aromatic nitrogens is 2. The fourth-order valence-electron chi connectivity index (χ4n) is 4.14. The van der Waals surface area contributed by atoms with Crippen LogP contribution in [0.25, 0.3) is 0 Å². The third-order valence-electron chi connectivity index (χ3n) is 5.66. The number of nitrogens with one attached hydrogen (secondary N) is 1. The zero-order chi connectivity index (χ0) is 20.7. The summed E-state index contributed by atoms with van der Waals surface area (Å²) in [5.74, 6) is 0.327. The number of fused-ring (bicyclic) bond motifs is 2. The van der Waals surface area contributed by atoms with Crippen LogP contribution in [0, 0.1) is 0 Å². The maximum atomic E-state index is 13.4. The van der Waals surface area contributed by atoms with E-state index >= 15 is 0 Å². The highest BCUT2D eigenvalue weighted by molar-refractivity contribution is 6.16. The zero-order valence-electron chi connectivity index (χ0n) is 16.7. The van der Waals surface area contributed by atoms with Crippen molar-refractivity contribution in [1.82, 2.24) is 9.55 Å². The average molecular weight is 402 g/mol. The number of rotatable bonds is 3. The van der Waals surface area contributed by atoms with Gasteiger partial charge in [0.05, 0.1) is 24.1 Å². The van der Waals surface area contributed by atoms with Crippen molar-refractivity contribution in [2.24, 2.45) is 0 Å². The van der Waals surface area contributed by atoms with Crippen molar-refractivity contribution in [3.63, 3.8) is 0 Å². The first kappa shape index (κ1) is 18.4. The Labute approximate surface area is 174 Å². The molecule has 3 aromatic rings. The number of hydrogen-bond acceptors (Lipinski definition) is 4. The van der Waals surface area contributed by atoms with Gasteiger partial charge in [0.2, 0.25) is 0 Å². The van der Waals surface area contributed by atoms with Crippen molar-refractivity contribution >= 4 is 23.2 Å². The second-order valence-corrected chi connectivity index (χ2v) is 7.69. The first-order chi connectivity index (χ1) is 14.6. The predicted molar refractivity (Wildman–Crippen MR) is 113 cm³/mol. The third-order valence-corrected chi connectivity index (χ3v) is 5.66. The van der Waals surface area contributed by atoms with Crippen molar-refractivity contribution in [3.05, 3.63) is 71.8 Å². The van der Waals surface area contributed by atoms with E-state index in [9.17, 15) is 9.59 Å². The number of nitrogens with zero attached hydrogens (tertiary/aromatic N) is 3. The Morgan fingerprint density at radius 1 is 1.27 bits per heavy atom. The summed E-state index contributed by atoms with van der Waals surface area (Å²) in [5.41, 5.74) is 3.30. The number of anilines is 2. The zero-order valence-corrected chi connectivity index (χ0v) is 16.7. The van der Waals surface area contributed by atoms with Gasteiger partial charge in [0.1, 0.15) is 11.4 Å². The summed E-state index contributed by atoms with van der Waals surface area (Å²) in [6.45, 7) is 3.27. The van der Waals surface area contributed by atoms with Gasteiger partial charge in [-0.2, -0.15) is 0 Å². The minimum absolute atomic E-state index is 0.0367. The van der Waals surface area contributed by atoms with E-state index in [1.165, 1.54) is 5.56 Å². The molecule has 0 fully saturated rings. The van der Waals surface area contributed by atoms with Crippen LogP contribution in [0.1, 0.15) is 45.8 Å². The first-order valence-electron chi connectivity index (χ1n) is 10.1. The monoisotopic (exact) mass is 402 g/mol. The Bertz CT molecular complexity index is 1120. The number of amides is 2. The second-order valence-electron chi connectivity index (χ2n) is 7.69. The third kappa shape index (κ3) is 3.12. The fourth-order valence-corrected chi connectivity index (χ4v) is 4.14. The number of hydrogen-bond donors (Lipinski definition) is 1. The van der Waals surface area contributed by atoms with Gasteiger partial charge in [-0.25, -0.2) is 0 Å². The van der Waals surface area contributed by atoms with Crippen LogP contribution < -0.4 is 15.0 Å². The van der Waals surface area contributed by atoms with Crippen LogP contribution in [0.3, 0.4) is 0 Å². The van der Waals surface area contributed by atoms with Gasteiger partial charge in [0.25, 0.3) is 11.8 Å². The number of pyridine rings is 1. The van der Waals surface area contributed by atoms with Crippen LogP contribution in [0.2, 0.25) is 0 Å². The molecule has 30 heavy (non-hydrogen) atoms. The highest BCUT2D eigenvalue weighted by Gasteiger charge is 2.34. The summed E-state index contributed by atoms with van der Waals surface area (Å²) >= 11 is 0. The molecule has 2 aliphatic rings. The molecule has 0 bridgehead atoms. The van der Waals surface area contributed by atoms with Crippen molar-refractivity contribution in [2.75, 3.05) is 23.4 Å². The van der Waals surface area contributed by atoms with E-state index in [0.717, 1.165) is 24.3 Å². The Hall–Kier alpha value is -3.61. The molecule has 4 heterocycles. The van der Waals surface area contributed by atoms with Gasteiger partial charge in [-0.05, 0) is 49.6 Å². The van der Waals surface area contributed by atoms with Crippen molar-refractivity contribution in [3.8, 4) is 5.75 Å². The van der Waals surface area contributed by atoms with E-state index in [1.807, 2.05) is 35.9 Å². The normalized spacial score (nSPS) is 17.7. The van der Waals surface area contributed by atoms with E-state index in [4.69, 9.17) is 4.74 Å². The quantitative estimate of drug-likeness (QED) is 0.725. The average Bonchev–Trinajstić information content (AvgIpc) is 3.23. The molecule has 0 saturated carbocycles. The molecule has 152 valence electrons. The molecule has 2 aliphatic heterocycles. The van der Waals surface area contributed by atoms with E-state index < -0.39 is 0 Å². The lowest BCUT2D eigenvalue weighted by molar-refractivity contribution is 0.0942. The molecule has 0 unspecified atom stereocenters. The molecule has 2 amide bonds. The Morgan fingerprint density at radius 3 is 3.00 bits per heavy atom. The van der Waals surface area contributed by atoms with Gasteiger partial charge in [-0.1, -0.05) is 6.07 Å². The van der Waals surface area contributed by atoms with Crippen LogP contribution in [-0.2, 0) is 6.42 Å². The second kappa shape index (κ2) is 7.33. The standard InChI is InChI=1S/C23H22N4O3/c1-15-14-27(18-7-6-16-4-3-11-30-20(16)12-18)23(29)21-19(8-10-26(15)21)22(28)25-17-5-2-9-24-13-17/h2,5-10,12-13,15H,3-4,11,14H2,1H3,(H,25,28)/t15-/m0/s1. The van der Waals surface area contributed by atoms with Crippen molar-refractivity contribution < 1.29 is 14.3 Å². The molecular formula is C23H22N4O3. The number of benzene rings is 1. The van der Waals surface area contributed by atoms with Gasteiger partial charge >= 0.3 is 0 Å². The van der Waals surface area contributed by atoms with Gasteiger partial charge < -0.3 is 19.5 Å². The molecule has 0 radical (unpaired) electrons. The summed E-state index contributed by atoms with van der Waals surface area (Å²) in [5, 5.41) is 2.82. The molecule has 0 saturated heterocycles. The minimum Gasteiger partial charge on any atom is -0.493 e. The van der Waals surface area contributed by atoms with Gasteiger partial charge in [0, 0.05) is 36.7 Å². The number of aryl methyl sites for hydroxylation is 1. The largest absolute Gasteiger partial charge is 0.493 e. The first-order valence-corrected chi connectivity index (χ1v) is 10.1.